The minimum Gasteiger partial charge on any atom is -0.465 e. The van der Waals surface area contributed by atoms with Crippen molar-refractivity contribution in [1.82, 2.24) is 4.90 Å². The summed E-state index contributed by atoms with van der Waals surface area (Å²) >= 11 is 1.51. The number of anilines is 1. The van der Waals surface area contributed by atoms with Crippen LogP contribution in [0.25, 0.3) is 0 Å². The number of nitrogens with one attached hydrogen (secondary N) is 1. The summed E-state index contributed by atoms with van der Waals surface area (Å²) in [5.74, 6) is -0.192. The fraction of sp³-hybridized carbons (Fsp3) is 0.571. The third-order valence-corrected chi connectivity index (χ3v) is 4.95. The van der Waals surface area contributed by atoms with Gasteiger partial charge < -0.3 is 15.0 Å². The lowest BCUT2D eigenvalue weighted by molar-refractivity contribution is -0.117. The van der Waals surface area contributed by atoms with Crippen molar-refractivity contribution in [1.29, 1.82) is 0 Å². The van der Waals surface area contributed by atoms with Gasteiger partial charge in [0.2, 0.25) is 5.91 Å². The first-order valence-electron chi connectivity index (χ1n) is 6.82. The molecular weight excluding hydrogens is 276 g/mol. The van der Waals surface area contributed by atoms with Gasteiger partial charge in [-0.1, -0.05) is 0 Å². The summed E-state index contributed by atoms with van der Waals surface area (Å²) < 4.78 is 4.89. The number of amides is 1. The van der Waals surface area contributed by atoms with Crippen molar-refractivity contribution in [2.24, 2.45) is 5.92 Å². The van der Waals surface area contributed by atoms with E-state index in [1.807, 2.05) is 0 Å². The molecule has 1 aliphatic heterocycles. The Morgan fingerprint density at radius 1 is 1.40 bits per heavy atom. The van der Waals surface area contributed by atoms with Crippen molar-refractivity contribution in [2.45, 2.75) is 25.8 Å². The van der Waals surface area contributed by atoms with Crippen LogP contribution >= 0.6 is 11.3 Å². The monoisotopic (exact) mass is 294 g/mol. The van der Waals surface area contributed by atoms with Crippen molar-refractivity contribution in [3.05, 3.63) is 16.0 Å². The smallest absolute Gasteiger partial charge is 0.341 e. The van der Waals surface area contributed by atoms with E-state index in [2.05, 4.69) is 17.3 Å². The summed E-state index contributed by atoms with van der Waals surface area (Å²) in [6, 6.07) is 0. The van der Waals surface area contributed by atoms with E-state index < -0.39 is 0 Å². The first-order chi connectivity index (χ1) is 9.60. The molecular formula is C14H18N2O3S. The van der Waals surface area contributed by atoms with E-state index in [4.69, 9.17) is 4.74 Å². The molecule has 1 fully saturated rings. The number of rotatable bonds is 3. The molecule has 6 heteroatoms. The molecule has 1 saturated carbocycles. The zero-order chi connectivity index (χ0) is 14.3. The van der Waals surface area contributed by atoms with Crippen LogP contribution in [-0.4, -0.2) is 37.5 Å². The van der Waals surface area contributed by atoms with E-state index >= 15 is 0 Å². The number of fused-ring (bicyclic) bond motifs is 1. The highest BCUT2D eigenvalue weighted by Crippen LogP contribution is 2.39. The zero-order valence-electron chi connectivity index (χ0n) is 11.7. The maximum atomic E-state index is 12.0. The van der Waals surface area contributed by atoms with Crippen molar-refractivity contribution >= 4 is 28.2 Å². The van der Waals surface area contributed by atoms with Gasteiger partial charge in [0.15, 0.2) is 0 Å². The predicted octanol–water partition coefficient (Wildman–Crippen LogP) is 1.87. The Kier molecular flexibility index (Phi) is 3.52. The number of ether oxygens (including phenoxy) is 1. The lowest BCUT2D eigenvalue weighted by Gasteiger charge is -2.22. The molecule has 108 valence electrons. The van der Waals surface area contributed by atoms with Gasteiger partial charge >= 0.3 is 5.97 Å². The van der Waals surface area contributed by atoms with Crippen molar-refractivity contribution in [3.63, 3.8) is 0 Å². The summed E-state index contributed by atoms with van der Waals surface area (Å²) in [6.07, 6.45) is 2.73. The Balaban J connectivity index is 1.94. The van der Waals surface area contributed by atoms with Crippen LogP contribution in [0.4, 0.5) is 5.00 Å². The molecule has 1 aliphatic carbocycles. The number of carbonyl (C=O) groups excluding carboxylic acids is 2. The number of likely N-dealkylation sites (N-methyl/N-ethyl adjacent to an activating group) is 1. The largest absolute Gasteiger partial charge is 0.465 e. The maximum Gasteiger partial charge on any atom is 0.341 e. The van der Waals surface area contributed by atoms with Crippen LogP contribution in [0.15, 0.2) is 0 Å². The average Bonchev–Trinajstić information content (AvgIpc) is 3.20. The Hall–Kier alpha value is -1.40. The summed E-state index contributed by atoms with van der Waals surface area (Å²) in [5.41, 5.74) is 1.61. The number of methoxy groups -OCH3 is 1. The Morgan fingerprint density at radius 2 is 2.15 bits per heavy atom. The number of hydrogen-bond acceptors (Lipinski definition) is 5. The van der Waals surface area contributed by atoms with E-state index in [1.165, 1.54) is 18.4 Å². The molecule has 0 saturated heterocycles. The highest BCUT2D eigenvalue weighted by Gasteiger charge is 2.33. The van der Waals surface area contributed by atoms with Crippen LogP contribution in [0.5, 0.6) is 0 Å². The van der Waals surface area contributed by atoms with Gasteiger partial charge in [0, 0.05) is 23.9 Å². The number of nitrogens with zero attached hydrogens (tertiary/aromatic N) is 1. The fourth-order valence-electron chi connectivity index (χ4n) is 2.50. The average molecular weight is 294 g/mol. The van der Waals surface area contributed by atoms with Gasteiger partial charge in [0.1, 0.15) is 5.00 Å². The van der Waals surface area contributed by atoms with Gasteiger partial charge in [-0.15, -0.1) is 11.3 Å². The summed E-state index contributed by atoms with van der Waals surface area (Å²) in [7, 11) is 3.44. The Labute approximate surface area is 121 Å². The standard InChI is InChI=1S/C14H18N2O3S/c1-16-6-5-9-10(7-16)20-13(11(9)14(18)19-2)15-12(17)8-3-4-8/h8H,3-7H2,1-2H3,(H,15,17). The van der Waals surface area contributed by atoms with Crippen LogP contribution in [0.3, 0.4) is 0 Å². The lowest BCUT2D eigenvalue weighted by atomic mass is 10.0. The van der Waals surface area contributed by atoms with E-state index in [-0.39, 0.29) is 17.8 Å². The van der Waals surface area contributed by atoms with Gasteiger partial charge in [-0.2, -0.15) is 0 Å². The van der Waals surface area contributed by atoms with Crippen LogP contribution in [-0.2, 0) is 22.5 Å². The number of hydrogen-bond donors (Lipinski definition) is 1. The van der Waals surface area contributed by atoms with E-state index in [9.17, 15) is 9.59 Å². The van der Waals surface area contributed by atoms with Crippen molar-refractivity contribution in [2.75, 3.05) is 26.0 Å². The minimum atomic E-state index is -0.349. The third kappa shape index (κ3) is 2.45. The molecule has 0 bridgehead atoms. The van der Waals surface area contributed by atoms with Gasteiger partial charge in [0.05, 0.1) is 12.7 Å². The molecule has 0 aromatic carbocycles. The van der Waals surface area contributed by atoms with Gasteiger partial charge in [-0.3, -0.25) is 4.79 Å². The van der Waals surface area contributed by atoms with Crippen LogP contribution in [0.1, 0.15) is 33.6 Å². The van der Waals surface area contributed by atoms with E-state index in [1.54, 1.807) is 0 Å². The first kappa shape index (κ1) is 13.6. The number of thiophene rings is 1. The number of carbonyl (C=O) groups is 2. The molecule has 0 unspecified atom stereocenters. The topological polar surface area (TPSA) is 58.6 Å². The number of esters is 1. The van der Waals surface area contributed by atoms with Crippen LogP contribution in [0, 0.1) is 5.92 Å². The highest BCUT2D eigenvalue weighted by atomic mass is 32.1. The van der Waals surface area contributed by atoms with Gasteiger partial charge in [-0.25, -0.2) is 4.79 Å². The quantitative estimate of drug-likeness (QED) is 0.865. The minimum absolute atomic E-state index is 0.0297. The normalized spacial score (nSPS) is 18.5. The van der Waals surface area contributed by atoms with E-state index in [0.717, 1.165) is 42.8 Å². The van der Waals surface area contributed by atoms with Crippen LogP contribution < -0.4 is 5.32 Å². The van der Waals surface area contributed by atoms with Gasteiger partial charge in [0.25, 0.3) is 0 Å². The lowest BCUT2D eigenvalue weighted by Crippen LogP contribution is -2.26. The SMILES string of the molecule is COC(=O)c1c(NC(=O)C2CC2)sc2c1CCN(C)C2. The summed E-state index contributed by atoms with van der Waals surface area (Å²) in [4.78, 5) is 27.4. The predicted molar refractivity (Wildman–Crippen MR) is 77.1 cm³/mol. The van der Waals surface area contributed by atoms with Crippen molar-refractivity contribution in [3.8, 4) is 0 Å². The molecule has 2 heterocycles. The van der Waals surface area contributed by atoms with Crippen LogP contribution in [0.2, 0.25) is 0 Å². The Morgan fingerprint density at radius 3 is 2.80 bits per heavy atom. The van der Waals surface area contributed by atoms with Gasteiger partial charge in [-0.05, 0) is 31.9 Å². The molecule has 1 aromatic rings. The molecule has 1 amide bonds. The molecule has 20 heavy (non-hydrogen) atoms. The second-order valence-electron chi connectivity index (χ2n) is 5.45. The third-order valence-electron chi connectivity index (χ3n) is 3.82. The molecule has 0 spiro atoms. The highest BCUT2D eigenvalue weighted by molar-refractivity contribution is 7.17. The molecule has 1 N–H and O–H groups in total. The second-order valence-corrected chi connectivity index (χ2v) is 6.56. The summed E-state index contributed by atoms with van der Waals surface area (Å²) in [5, 5.41) is 3.58. The molecule has 1 aromatic heterocycles. The first-order valence-corrected chi connectivity index (χ1v) is 7.64. The van der Waals surface area contributed by atoms with E-state index in [0.29, 0.717) is 10.6 Å². The Bertz CT molecular complexity index is 563. The molecule has 2 aliphatic rings. The second kappa shape index (κ2) is 5.18. The molecule has 3 rings (SSSR count). The molecule has 5 nitrogen and oxygen atoms in total. The summed E-state index contributed by atoms with van der Waals surface area (Å²) in [6.45, 7) is 1.74. The van der Waals surface area contributed by atoms with Crippen molar-refractivity contribution < 1.29 is 14.3 Å². The molecule has 0 atom stereocenters. The zero-order valence-corrected chi connectivity index (χ0v) is 12.5. The molecule has 0 radical (unpaired) electrons. The fourth-order valence-corrected chi connectivity index (χ4v) is 3.82. The maximum absolute atomic E-state index is 12.0.